The van der Waals surface area contributed by atoms with Gasteiger partial charge in [0.05, 0.1) is 0 Å². The molecule has 0 heterocycles. The zero-order chi connectivity index (χ0) is 12.8. The van der Waals surface area contributed by atoms with Crippen molar-refractivity contribution in [1.29, 1.82) is 0 Å². The molecule has 0 spiro atoms. The van der Waals surface area contributed by atoms with Crippen molar-refractivity contribution < 1.29 is 0 Å². The Balaban J connectivity index is 1.46. The first-order valence-corrected chi connectivity index (χ1v) is 9.13. The fraction of sp³-hybridized carbons (Fsp3) is 1.00. The van der Waals surface area contributed by atoms with E-state index in [9.17, 15) is 0 Å². The molecule has 5 atom stereocenters. The molecule has 0 aromatic carbocycles. The van der Waals surface area contributed by atoms with Crippen molar-refractivity contribution in [1.82, 2.24) is 5.32 Å². The second kappa shape index (κ2) is 5.06. The van der Waals surface area contributed by atoms with Crippen LogP contribution < -0.4 is 5.32 Å². The smallest absolute Gasteiger partial charge is 0.0129 e. The van der Waals surface area contributed by atoms with Crippen LogP contribution in [0, 0.1) is 35.5 Å². The van der Waals surface area contributed by atoms with Crippen LogP contribution in [0.25, 0.3) is 0 Å². The summed E-state index contributed by atoms with van der Waals surface area (Å²) in [7, 11) is 0. The molecule has 5 unspecified atom stereocenters. The molecule has 1 nitrogen and oxygen atoms in total. The van der Waals surface area contributed by atoms with Crippen LogP contribution >= 0.6 is 0 Å². The van der Waals surface area contributed by atoms with E-state index in [2.05, 4.69) is 12.2 Å². The molecule has 108 valence electrons. The van der Waals surface area contributed by atoms with E-state index < -0.39 is 0 Å². The van der Waals surface area contributed by atoms with Gasteiger partial charge in [-0.05, 0) is 74.2 Å². The lowest BCUT2D eigenvalue weighted by molar-refractivity contribution is 0.256. The van der Waals surface area contributed by atoms with Crippen LogP contribution in [0.2, 0.25) is 0 Å². The normalized spacial score (nSPS) is 46.9. The molecule has 4 aliphatic rings. The van der Waals surface area contributed by atoms with Crippen molar-refractivity contribution in [3.8, 4) is 0 Å². The zero-order valence-corrected chi connectivity index (χ0v) is 12.6. The molecule has 0 radical (unpaired) electrons. The fourth-order valence-corrected chi connectivity index (χ4v) is 6.40. The standard InChI is InChI=1S/C18H31N/c1-2-19-18(12-7-5-3-4-6-8-12)17-15-13-9-10-14(11-13)16(15)17/h12-19H,2-11H2,1H3. The highest BCUT2D eigenvalue weighted by Gasteiger charge is 2.67. The Labute approximate surface area is 118 Å². The molecular formula is C18H31N. The summed E-state index contributed by atoms with van der Waals surface area (Å²) in [5.41, 5.74) is 0. The van der Waals surface area contributed by atoms with Gasteiger partial charge in [-0.1, -0.05) is 32.6 Å². The molecular weight excluding hydrogens is 230 g/mol. The largest absolute Gasteiger partial charge is 0.314 e. The molecule has 4 aliphatic carbocycles. The van der Waals surface area contributed by atoms with Crippen LogP contribution in [-0.4, -0.2) is 12.6 Å². The molecule has 0 amide bonds. The van der Waals surface area contributed by atoms with Gasteiger partial charge in [-0.2, -0.15) is 0 Å². The number of rotatable bonds is 4. The molecule has 4 saturated carbocycles. The Hall–Kier alpha value is -0.0400. The van der Waals surface area contributed by atoms with E-state index in [4.69, 9.17) is 0 Å². The topological polar surface area (TPSA) is 12.0 Å². The summed E-state index contributed by atoms with van der Waals surface area (Å²) in [5, 5.41) is 3.94. The predicted molar refractivity (Wildman–Crippen MR) is 80.0 cm³/mol. The van der Waals surface area contributed by atoms with E-state index >= 15 is 0 Å². The van der Waals surface area contributed by atoms with E-state index in [1.165, 1.54) is 45.1 Å². The van der Waals surface area contributed by atoms with Crippen molar-refractivity contribution in [3.63, 3.8) is 0 Å². The number of hydrogen-bond acceptors (Lipinski definition) is 1. The van der Waals surface area contributed by atoms with Crippen molar-refractivity contribution in [2.24, 2.45) is 35.5 Å². The number of nitrogens with one attached hydrogen (secondary N) is 1. The first-order valence-electron chi connectivity index (χ1n) is 9.13. The van der Waals surface area contributed by atoms with Crippen LogP contribution in [0.15, 0.2) is 0 Å². The molecule has 19 heavy (non-hydrogen) atoms. The van der Waals surface area contributed by atoms with Crippen LogP contribution in [0.3, 0.4) is 0 Å². The summed E-state index contributed by atoms with van der Waals surface area (Å²) < 4.78 is 0. The Kier molecular flexibility index (Phi) is 3.38. The Morgan fingerprint density at radius 3 is 2.11 bits per heavy atom. The molecule has 4 rings (SSSR count). The van der Waals surface area contributed by atoms with Crippen molar-refractivity contribution in [3.05, 3.63) is 0 Å². The van der Waals surface area contributed by atoms with E-state index in [1.54, 1.807) is 19.3 Å². The molecule has 0 saturated heterocycles. The molecule has 1 heteroatoms. The third kappa shape index (κ3) is 2.07. The van der Waals surface area contributed by atoms with E-state index in [0.29, 0.717) is 0 Å². The third-order valence-electron chi connectivity index (χ3n) is 7.06. The van der Waals surface area contributed by atoms with Gasteiger partial charge in [-0.3, -0.25) is 0 Å². The van der Waals surface area contributed by atoms with Crippen molar-refractivity contribution in [2.45, 2.75) is 70.8 Å². The first kappa shape index (κ1) is 12.7. The van der Waals surface area contributed by atoms with Crippen LogP contribution in [0.1, 0.15) is 64.7 Å². The highest BCUT2D eigenvalue weighted by molar-refractivity contribution is 5.16. The molecule has 0 aliphatic heterocycles. The van der Waals surface area contributed by atoms with Crippen LogP contribution in [0.5, 0.6) is 0 Å². The average Bonchev–Trinajstić information content (AvgIpc) is 2.99. The highest BCUT2D eigenvalue weighted by Crippen LogP contribution is 2.71. The summed E-state index contributed by atoms with van der Waals surface area (Å²) >= 11 is 0. The van der Waals surface area contributed by atoms with Gasteiger partial charge in [0, 0.05) is 6.04 Å². The molecule has 1 N–H and O–H groups in total. The second-order valence-electron chi connectivity index (χ2n) is 7.90. The maximum atomic E-state index is 3.94. The lowest BCUT2D eigenvalue weighted by Crippen LogP contribution is -2.39. The summed E-state index contributed by atoms with van der Waals surface area (Å²) in [6.07, 6.45) is 13.8. The zero-order valence-electron chi connectivity index (χ0n) is 12.6. The minimum atomic E-state index is 0.890. The number of hydrogen-bond donors (Lipinski definition) is 1. The van der Waals surface area contributed by atoms with Gasteiger partial charge in [-0.15, -0.1) is 0 Å². The van der Waals surface area contributed by atoms with Crippen molar-refractivity contribution >= 4 is 0 Å². The summed E-state index contributed by atoms with van der Waals surface area (Å²) in [6, 6.07) is 0.890. The van der Waals surface area contributed by atoms with Gasteiger partial charge in [0.2, 0.25) is 0 Å². The predicted octanol–water partition coefficient (Wildman–Crippen LogP) is 4.23. The number of fused-ring (bicyclic) bond motifs is 5. The Morgan fingerprint density at radius 1 is 0.895 bits per heavy atom. The minimum absolute atomic E-state index is 0.890. The average molecular weight is 261 g/mol. The summed E-state index contributed by atoms with van der Waals surface area (Å²) in [5.74, 6) is 6.71. The molecule has 2 bridgehead atoms. The van der Waals surface area contributed by atoms with Crippen molar-refractivity contribution in [2.75, 3.05) is 6.54 Å². The van der Waals surface area contributed by atoms with Gasteiger partial charge in [0.25, 0.3) is 0 Å². The SMILES string of the molecule is CCNC(C1CCCCCC1)C1C2C3CCC(C3)C21. The lowest BCUT2D eigenvalue weighted by atomic mass is 9.84. The quantitative estimate of drug-likeness (QED) is 0.747. The lowest BCUT2D eigenvalue weighted by Gasteiger charge is -2.29. The van der Waals surface area contributed by atoms with E-state index in [0.717, 1.165) is 41.5 Å². The monoisotopic (exact) mass is 261 g/mol. The molecule has 4 fully saturated rings. The van der Waals surface area contributed by atoms with Crippen LogP contribution in [-0.2, 0) is 0 Å². The fourth-order valence-electron chi connectivity index (χ4n) is 6.40. The Morgan fingerprint density at radius 2 is 1.53 bits per heavy atom. The first-order chi connectivity index (χ1) is 9.40. The van der Waals surface area contributed by atoms with Gasteiger partial charge >= 0.3 is 0 Å². The summed E-state index contributed by atoms with van der Waals surface area (Å²) in [4.78, 5) is 0. The Bertz CT molecular complexity index is 302. The third-order valence-corrected chi connectivity index (χ3v) is 7.06. The van der Waals surface area contributed by atoms with Crippen LogP contribution in [0.4, 0.5) is 0 Å². The van der Waals surface area contributed by atoms with Gasteiger partial charge in [0.15, 0.2) is 0 Å². The van der Waals surface area contributed by atoms with Gasteiger partial charge in [0.1, 0.15) is 0 Å². The minimum Gasteiger partial charge on any atom is -0.314 e. The van der Waals surface area contributed by atoms with Gasteiger partial charge in [-0.25, -0.2) is 0 Å². The molecule has 0 aromatic rings. The molecule has 0 aromatic heterocycles. The second-order valence-corrected chi connectivity index (χ2v) is 7.90. The summed E-state index contributed by atoms with van der Waals surface area (Å²) in [6.45, 7) is 3.50. The highest BCUT2D eigenvalue weighted by atomic mass is 15.0. The van der Waals surface area contributed by atoms with E-state index in [1.807, 2.05) is 0 Å². The van der Waals surface area contributed by atoms with E-state index in [-0.39, 0.29) is 0 Å². The maximum absolute atomic E-state index is 3.94. The maximum Gasteiger partial charge on any atom is 0.0129 e. The van der Waals surface area contributed by atoms with Gasteiger partial charge < -0.3 is 5.32 Å².